The highest BCUT2D eigenvalue weighted by atomic mass is 79.9. The molecule has 7 heteroatoms. The van der Waals surface area contributed by atoms with Crippen LogP contribution >= 0.6 is 15.9 Å². The van der Waals surface area contributed by atoms with Crippen LogP contribution in [0, 0.1) is 0 Å². The molecule has 3 rings (SSSR count). The van der Waals surface area contributed by atoms with Gasteiger partial charge in [0.25, 0.3) is 0 Å². The minimum Gasteiger partial charge on any atom is -0.454 e. The third kappa shape index (κ3) is 3.26. The van der Waals surface area contributed by atoms with E-state index in [1.165, 1.54) is 0 Å². The van der Waals surface area contributed by atoms with E-state index >= 15 is 0 Å². The molecule has 0 aliphatic carbocycles. The van der Waals surface area contributed by atoms with E-state index in [4.69, 9.17) is 9.47 Å². The molecule has 0 bridgehead atoms. The number of sulfonamides is 1. The minimum absolute atomic E-state index is 0.230. The van der Waals surface area contributed by atoms with Gasteiger partial charge in [-0.25, -0.2) is 13.1 Å². The normalized spacial score (nSPS) is 13.3. The Balaban J connectivity index is 1.64. The molecule has 1 aliphatic rings. The summed E-state index contributed by atoms with van der Waals surface area (Å²) in [5.41, 5.74) is 0.985. The SMILES string of the molecule is O=S(=O)(NCCc1ccc2c(c1)OCO2)c1ccccc1Br. The van der Waals surface area contributed by atoms with Crippen LogP contribution in [-0.4, -0.2) is 21.8 Å². The monoisotopic (exact) mass is 383 g/mol. The number of benzene rings is 2. The summed E-state index contributed by atoms with van der Waals surface area (Å²) in [6, 6.07) is 12.3. The zero-order valence-corrected chi connectivity index (χ0v) is 14.0. The largest absolute Gasteiger partial charge is 0.454 e. The van der Waals surface area contributed by atoms with Crippen LogP contribution in [0.2, 0.25) is 0 Å². The highest BCUT2D eigenvalue weighted by molar-refractivity contribution is 9.10. The lowest BCUT2D eigenvalue weighted by atomic mass is 10.1. The Hall–Kier alpha value is -1.57. The van der Waals surface area contributed by atoms with Gasteiger partial charge in [0, 0.05) is 11.0 Å². The Labute approximate surface area is 137 Å². The second kappa shape index (κ2) is 6.28. The second-order valence-electron chi connectivity index (χ2n) is 4.77. The van der Waals surface area contributed by atoms with Crippen molar-refractivity contribution in [3.8, 4) is 11.5 Å². The average molecular weight is 384 g/mol. The first-order valence-corrected chi connectivity index (χ1v) is 8.96. The van der Waals surface area contributed by atoms with E-state index in [0.717, 1.165) is 11.3 Å². The van der Waals surface area contributed by atoms with Gasteiger partial charge < -0.3 is 9.47 Å². The standard InChI is InChI=1S/C15H14BrNO4S/c16-12-3-1-2-4-15(12)22(18,19)17-8-7-11-5-6-13-14(9-11)21-10-20-13/h1-6,9,17H,7-8,10H2. The predicted octanol–water partition coefficient (Wildman–Crippen LogP) is 2.70. The smallest absolute Gasteiger partial charge is 0.241 e. The van der Waals surface area contributed by atoms with Crippen LogP contribution < -0.4 is 14.2 Å². The number of rotatable bonds is 5. The van der Waals surface area contributed by atoms with E-state index in [0.29, 0.717) is 23.2 Å². The molecule has 0 aromatic heterocycles. The molecule has 2 aromatic rings. The maximum absolute atomic E-state index is 12.2. The summed E-state index contributed by atoms with van der Waals surface area (Å²) in [7, 11) is -3.53. The Morgan fingerprint density at radius 1 is 1.09 bits per heavy atom. The van der Waals surface area contributed by atoms with Crippen molar-refractivity contribution in [2.45, 2.75) is 11.3 Å². The van der Waals surface area contributed by atoms with E-state index in [9.17, 15) is 8.42 Å². The fourth-order valence-electron chi connectivity index (χ4n) is 2.17. The lowest BCUT2D eigenvalue weighted by Gasteiger charge is -2.08. The Morgan fingerprint density at radius 2 is 1.86 bits per heavy atom. The van der Waals surface area contributed by atoms with E-state index in [1.54, 1.807) is 24.3 Å². The van der Waals surface area contributed by atoms with Gasteiger partial charge in [-0.2, -0.15) is 0 Å². The molecule has 1 heterocycles. The van der Waals surface area contributed by atoms with Crippen LogP contribution in [0.3, 0.4) is 0 Å². The van der Waals surface area contributed by atoms with Gasteiger partial charge in [-0.1, -0.05) is 18.2 Å². The molecule has 0 amide bonds. The molecule has 0 atom stereocenters. The molecular formula is C15H14BrNO4S. The fraction of sp³-hybridized carbons (Fsp3) is 0.200. The van der Waals surface area contributed by atoms with Crippen molar-refractivity contribution in [3.63, 3.8) is 0 Å². The molecule has 0 saturated heterocycles. The zero-order chi connectivity index (χ0) is 15.6. The summed E-state index contributed by atoms with van der Waals surface area (Å²) in [5, 5.41) is 0. The first-order chi connectivity index (χ1) is 10.6. The van der Waals surface area contributed by atoms with Crippen molar-refractivity contribution < 1.29 is 17.9 Å². The quantitative estimate of drug-likeness (QED) is 0.861. The first-order valence-electron chi connectivity index (χ1n) is 6.69. The lowest BCUT2D eigenvalue weighted by molar-refractivity contribution is 0.174. The van der Waals surface area contributed by atoms with Gasteiger partial charge in [0.1, 0.15) is 0 Å². The fourth-order valence-corrected chi connectivity index (χ4v) is 4.20. The van der Waals surface area contributed by atoms with Crippen LogP contribution in [0.15, 0.2) is 51.8 Å². The number of nitrogens with one attached hydrogen (secondary N) is 1. The van der Waals surface area contributed by atoms with Gasteiger partial charge in [-0.05, 0) is 52.2 Å². The summed E-state index contributed by atoms with van der Waals surface area (Å²) < 4.78 is 38.2. The van der Waals surface area contributed by atoms with Gasteiger partial charge in [0.05, 0.1) is 4.90 Å². The lowest BCUT2D eigenvalue weighted by Crippen LogP contribution is -2.26. The maximum Gasteiger partial charge on any atom is 0.241 e. The number of halogens is 1. The molecule has 0 fully saturated rings. The van der Waals surface area contributed by atoms with Crippen LogP contribution in [-0.2, 0) is 16.4 Å². The Bertz CT molecular complexity index is 792. The molecule has 0 unspecified atom stereocenters. The van der Waals surface area contributed by atoms with Crippen molar-refractivity contribution in [3.05, 3.63) is 52.5 Å². The number of hydrogen-bond acceptors (Lipinski definition) is 4. The van der Waals surface area contributed by atoms with E-state index in [2.05, 4.69) is 20.7 Å². The Kier molecular flexibility index (Phi) is 4.37. The number of hydrogen-bond donors (Lipinski definition) is 1. The predicted molar refractivity (Wildman–Crippen MR) is 85.6 cm³/mol. The van der Waals surface area contributed by atoms with Crippen molar-refractivity contribution >= 4 is 26.0 Å². The molecule has 5 nitrogen and oxygen atoms in total. The van der Waals surface area contributed by atoms with Crippen LogP contribution in [0.5, 0.6) is 11.5 Å². The third-order valence-corrected chi connectivity index (χ3v) is 5.74. The molecule has 0 spiro atoms. The van der Waals surface area contributed by atoms with Gasteiger partial charge in [0.2, 0.25) is 16.8 Å². The minimum atomic E-state index is -3.53. The van der Waals surface area contributed by atoms with Crippen molar-refractivity contribution in [1.82, 2.24) is 4.72 Å². The van der Waals surface area contributed by atoms with Crippen molar-refractivity contribution in [2.24, 2.45) is 0 Å². The molecule has 0 radical (unpaired) electrons. The second-order valence-corrected chi connectivity index (χ2v) is 7.36. The number of ether oxygens (including phenoxy) is 2. The van der Waals surface area contributed by atoms with Gasteiger partial charge in [-0.3, -0.25) is 0 Å². The van der Waals surface area contributed by atoms with Crippen molar-refractivity contribution in [1.29, 1.82) is 0 Å². The van der Waals surface area contributed by atoms with E-state index in [1.807, 2.05) is 18.2 Å². The van der Waals surface area contributed by atoms with Gasteiger partial charge >= 0.3 is 0 Å². The zero-order valence-electron chi connectivity index (χ0n) is 11.6. The molecule has 116 valence electrons. The van der Waals surface area contributed by atoms with E-state index < -0.39 is 10.0 Å². The van der Waals surface area contributed by atoms with Crippen molar-refractivity contribution in [2.75, 3.05) is 13.3 Å². The summed E-state index contributed by atoms with van der Waals surface area (Å²) >= 11 is 3.25. The summed E-state index contributed by atoms with van der Waals surface area (Å²) in [4.78, 5) is 0.237. The van der Waals surface area contributed by atoms with Crippen LogP contribution in [0.25, 0.3) is 0 Å². The molecule has 22 heavy (non-hydrogen) atoms. The molecule has 1 N–H and O–H groups in total. The summed E-state index contributed by atoms with van der Waals surface area (Å²) in [6.07, 6.45) is 0.570. The van der Waals surface area contributed by atoms with E-state index in [-0.39, 0.29) is 11.7 Å². The molecule has 0 saturated carbocycles. The molecule has 2 aromatic carbocycles. The van der Waals surface area contributed by atoms with Crippen LogP contribution in [0.1, 0.15) is 5.56 Å². The maximum atomic E-state index is 12.2. The van der Waals surface area contributed by atoms with Crippen LogP contribution in [0.4, 0.5) is 0 Å². The first kappa shape index (κ1) is 15.3. The highest BCUT2D eigenvalue weighted by Crippen LogP contribution is 2.32. The highest BCUT2D eigenvalue weighted by Gasteiger charge is 2.17. The topological polar surface area (TPSA) is 64.6 Å². The Morgan fingerprint density at radius 3 is 2.68 bits per heavy atom. The summed E-state index contributed by atoms with van der Waals surface area (Å²) in [6.45, 7) is 0.538. The third-order valence-electron chi connectivity index (χ3n) is 3.27. The molecule has 1 aliphatic heterocycles. The average Bonchev–Trinajstić information content (AvgIpc) is 2.95. The number of fused-ring (bicyclic) bond motifs is 1. The summed E-state index contributed by atoms with van der Waals surface area (Å²) in [5.74, 6) is 1.42. The molecular weight excluding hydrogens is 370 g/mol. The van der Waals surface area contributed by atoms with Gasteiger partial charge in [-0.15, -0.1) is 0 Å². The van der Waals surface area contributed by atoms with Gasteiger partial charge in [0.15, 0.2) is 11.5 Å².